The fraction of sp³-hybridized carbons (Fsp3) is 0.323. The summed E-state index contributed by atoms with van der Waals surface area (Å²) in [7, 11) is 0. The lowest BCUT2D eigenvalue weighted by Crippen LogP contribution is -2.46. The molecule has 7 rings (SSSR count). The van der Waals surface area contributed by atoms with Crippen molar-refractivity contribution in [2.75, 3.05) is 54.4 Å². The number of hydrogen-bond acceptors (Lipinski definition) is 8. The first-order valence-electron chi connectivity index (χ1n) is 14.3. The van der Waals surface area contributed by atoms with Crippen molar-refractivity contribution in [3.63, 3.8) is 0 Å². The molecule has 2 N–H and O–H groups in total. The van der Waals surface area contributed by atoms with Crippen LogP contribution in [0.1, 0.15) is 17.7 Å². The highest BCUT2D eigenvalue weighted by molar-refractivity contribution is 7.09. The summed E-state index contributed by atoms with van der Waals surface area (Å²) >= 11 is 8.50. The molecule has 2 fully saturated rings. The topological polar surface area (TPSA) is 76.2 Å². The molecule has 0 aliphatic carbocycles. The van der Waals surface area contributed by atoms with Crippen molar-refractivity contribution in [2.45, 2.75) is 25.4 Å². The van der Waals surface area contributed by atoms with Gasteiger partial charge >= 0.3 is 0 Å². The van der Waals surface area contributed by atoms with E-state index in [1.165, 1.54) is 16.3 Å². The molecule has 210 valence electrons. The van der Waals surface area contributed by atoms with Crippen molar-refractivity contribution in [3.05, 3.63) is 82.4 Å². The van der Waals surface area contributed by atoms with E-state index in [-0.39, 0.29) is 0 Å². The van der Waals surface area contributed by atoms with Crippen molar-refractivity contribution < 1.29 is 0 Å². The molecule has 10 heteroatoms. The van der Waals surface area contributed by atoms with Crippen molar-refractivity contribution in [3.8, 4) is 11.4 Å². The van der Waals surface area contributed by atoms with Gasteiger partial charge in [-0.25, -0.2) is 9.97 Å². The summed E-state index contributed by atoms with van der Waals surface area (Å²) in [5.41, 5.74) is 5.94. The number of benzene rings is 1. The van der Waals surface area contributed by atoms with Gasteiger partial charge in [-0.3, -0.25) is 9.88 Å². The molecule has 0 bridgehead atoms. The fourth-order valence-corrected chi connectivity index (χ4v) is 6.83. The standard InChI is InChI=1S/C31H33ClN8S/c32-27-20-34-31-29(28(27)35-23-9-13-38(14-10-23)21-26-2-1-19-41-26)36-30(37-31)22-3-5-24(6-4-22)39-15-17-40(18-16-39)25-7-11-33-12-8-25/h1-8,11-12,19-20,23H,9-10,13-18,21H2,(H2,34,35,36,37). The SMILES string of the molecule is Clc1cnc2nc(-c3ccc(N4CCN(c5ccncc5)CC4)cc3)[nH]c2c1NC1CCN(Cc2cccs2)CC1. The third kappa shape index (κ3) is 5.75. The van der Waals surface area contributed by atoms with Crippen molar-refractivity contribution in [2.24, 2.45) is 0 Å². The van der Waals surface area contributed by atoms with Crippen LogP contribution in [0.15, 0.2) is 72.5 Å². The van der Waals surface area contributed by atoms with E-state index in [9.17, 15) is 0 Å². The minimum absolute atomic E-state index is 0.364. The Kier molecular flexibility index (Phi) is 7.48. The molecule has 5 aromatic rings. The molecule has 41 heavy (non-hydrogen) atoms. The average molecular weight is 585 g/mol. The number of aromatic nitrogens is 4. The van der Waals surface area contributed by atoms with Crippen LogP contribution in [0, 0.1) is 0 Å². The molecule has 0 radical (unpaired) electrons. The second-order valence-electron chi connectivity index (χ2n) is 10.8. The van der Waals surface area contributed by atoms with E-state index in [1.54, 1.807) is 6.20 Å². The Morgan fingerprint density at radius 3 is 2.29 bits per heavy atom. The molecule has 0 amide bonds. The molecule has 0 atom stereocenters. The maximum Gasteiger partial charge on any atom is 0.180 e. The second-order valence-corrected chi connectivity index (χ2v) is 12.2. The van der Waals surface area contributed by atoms with E-state index < -0.39 is 0 Å². The van der Waals surface area contributed by atoms with Gasteiger partial charge in [0.1, 0.15) is 11.3 Å². The van der Waals surface area contributed by atoms with Crippen molar-refractivity contribution in [1.82, 2.24) is 24.8 Å². The van der Waals surface area contributed by atoms with E-state index in [1.807, 2.05) is 23.7 Å². The molecule has 2 saturated heterocycles. The van der Waals surface area contributed by atoms with Gasteiger partial charge in [-0.05, 0) is 60.7 Å². The van der Waals surface area contributed by atoms with Gasteiger partial charge < -0.3 is 20.1 Å². The van der Waals surface area contributed by atoms with E-state index in [4.69, 9.17) is 16.6 Å². The summed E-state index contributed by atoms with van der Waals surface area (Å²) in [6.45, 7) is 7.13. The number of hydrogen-bond donors (Lipinski definition) is 2. The van der Waals surface area contributed by atoms with E-state index in [0.717, 1.165) is 81.2 Å². The van der Waals surface area contributed by atoms with Crippen LogP contribution in [-0.2, 0) is 6.54 Å². The number of H-pyrrole nitrogens is 1. The van der Waals surface area contributed by atoms with Crippen LogP contribution in [0.2, 0.25) is 5.02 Å². The maximum absolute atomic E-state index is 6.66. The Morgan fingerprint density at radius 2 is 1.61 bits per heavy atom. The number of nitrogens with one attached hydrogen (secondary N) is 2. The van der Waals surface area contributed by atoms with Gasteiger partial charge in [-0.15, -0.1) is 11.3 Å². The monoisotopic (exact) mass is 584 g/mol. The molecular weight excluding hydrogens is 552 g/mol. The third-order valence-corrected chi connectivity index (χ3v) is 9.33. The number of likely N-dealkylation sites (tertiary alicyclic amines) is 1. The lowest BCUT2D eigenvalue weighted by Gasteiger charge is -2.37. The van der Waals surface area contributed by atoms with Crippen LogP contribution in [0.4, 0.5) is 17.1 Å². The zero-order chi connectivity index (χ0) is 27.6. The zero-order valence-electron chi connectivity index (χ0n) is 22.8. The van der Waals surface area contributed by atoms with Crippen LogP contribution in [-0.4, -0.2) is 70.1 Å². The fourth-order valence-electron chi connectivity index (χ4n) is 5.88. The number of fused-ring (bicyclic) bond motifs is 1. The third-order valence-electron chi connectivity index (χ3n) is 8.18. The number of anilines is 3. The molecule has 4 aromatic heterocycles. The van der Waals surface area contributed by atoms with Gasteiger partial charge in [0, 0.05) is 86.1 Å². The first-order chi connectivity index (χ1) is 20.2. The van der Waals surface area contributed by atoms with Gasteiger partial charge in [0.15, 0.2) is 5.65 Å². The molecular formula is C31H33ClN8S. The number of piperidine rings is 1. The molecule has 1 aromatic carbocycles. The van der Waals surface area contributed by atoms with Gasteiger partial charge in [-0.1, -0.05) is 17.7 Å². The largest absolute Gasteiger partial charge is 0.379 e. The quantitative estimate of drug-likeness (QED) is 0.238. The Balaban J connectivity index is 1.01. The van der Waals surface area contributed by atoms with E-state index in [0.29, 0.717) is 16.7 Å². The average Bonchev–Trinajstić information content (AvgIpc) is 3.71. The lowest BCUT2D eigenvalue weighted by atomic mass is 10.0. The van der Waals surface area contributed by atoms with Crippen molar-refractivity contribution in [1.29, 1.82) is 0 Å². The highest BCUT2D eigenvalue weighted by atomic mass is 35.5. The molecule has 0 unspecified atom stereocenters. The minimum Gasteiger partial charge on any atom is -0.379 e. The van der Waals surface area contributed by atoms with Gasteiger partial charge in [0.25, 0.3) is 0 Å². The Morgan fingerprint density at radius 1 is 0.902 bits per heavy atom. The Labute approximate surface area is 249 Å². The highest BCUT2D eigenvalue weighted by Crippen LogP contribution is 2.33. The van der Waals surface area contributed by atoms with Gasteiger partial charge in [0.2, 0.25) is 0 Å². The number of thiophene rings is 1. The number of nitrogens with zero attached hydrogens (tertiary/aromatic N) is 6. The maximum atomic E-state index is 6.66. The van der Waals surface area contributed by atoms with Crippen LogP contribution >= 0.6 is 22.9 Å². The molecule has 2 aliphatic rings. The molecule has 8 nitrogen and oxygen atoms in total. The summed E-state index contributed by atoms with van der Waals surface area (Å²) in [6, 6.07) is 17.5. The number of aromatic amines is 1. The predicted molar refractivity (Wildman–Crippen MR) is 169 cm³/mol. The summed E-state index contributed by atoms with van der Waals surface area (Å²) in [4.78, 5) is 25.8. The van der Waals surface area contributed by atoms with Crippen molar-refractivity contribution >= 4 is 51.2 Å². The smallest absolute Gasteiger partial charge is 0.180 e. The number of imidazole rings is 1. The first-order valence-corrected chi connectivity index (χ1v) is 15.5. The minimum atomic E-state index is 0.364. The highest BCUT2D eigenvalue weighted by Gasteiger charge is 2.23. The Bertz CT molecular complexity index is 1570. The van der Waals surface area contributed by atoms with Crippen LogP contribution < -0.4 is 15.1 Å². The second kappa shape index (κ2) is 11.7. The predicted octanol–water partition coefficient (Wildman–Crippen LogP) is 6.14. The Hall–Kier alpha value is -3.66. The number of halogens is 1. The lowest BCUT2D eigenvalue weighted by molar-refractivity contribution is 0.213. The number of rotatable bonds is 7. The molecule has 0 spiro atoms. The van der Waals surface area contributed by atoms with Crippen LogP contribution in [0.5, 0.6) is 0 Å². The molecule has 2 aliphatic heterocycles. The van der Waals surface area contributed by atoms with Gasteiger partial charge in [-0.2, -0.15) is 0 Å². The summed E-state index contributed by atoms with van der Waals surface area (Å²) in [6.07, 6.45) is 7.57. The first kappa shape index (κ1) is 26.3. The molecule has 6 heterocycles. The normalized spacial score (nSPS) is 16.9. The number of piperazine rings is 1. The van der Waals surface area contributed by atoms with Crippen LogP contribution in [0.3, 0.4) is 0 Å². The summed E-state index contributed by atoms with van der Waals surface area (Å²) < 4.78 is 0. The molecule has 0 saturated carbocycles. The summed E-state index contributed by atoms with van der Waals surface area (Å²) in [5.74, 6) is 0.803. The van der Waals surface area contributed by atoms with Crippen LogP contribution in [0.25, 0.3) is 22.6 Å². The summed E-state index contributed by atoms with van der Waals surface area (Å²) in [5, 5.41) is 6.50. The number of pyridine rings is 2. The van der Waals surface area contributed by atoms with E-state index in [2.05, 4.69) is 88.9 Å². The van der Waals surface area contributed by atoms with Gasteiger partial charge in [0.05, 0.1) is 16.9 Å². The van der Waals surface area contributed by atoms with E-state index >= 15 is 0 Å². The zero-order valence-corrected chi connectivity index (χ0v) is 24.4.